The fourth-order valence-electron chi connectivity index (χ4n) is 4.11. The Morgan fingerprint density at radius 1 is 0.548 bits per heavy atom. The van der Waals surface area contributed by atoms with Crippen molar-refractivity contribution in [3.8, 4) is 0 Å². The molecule has 0 aliphatic heterocycles. The molecule has 0 atom stereocenters. The lowest BCUT2D eigenvalue weighted by Gasteiger charge is -2.39. The monoisotopic (exact) mass is 442 g/mol. The minimum atomic E-state index is -0.777. The van der Waals surface area contributed by atoms with E-state index in [2.05, 4.69) is 6.58 Å². The summed E-state index contributed by atoms with van der Waals surface area (Å²) in [5.74, 6) is -2.33. The van der Waals surface area contributed by atoms with Gasteiger partial charge in [-0.15, -0.1) is 6.58 Å². The normalized spacial score (nSPS) is 11.4. The van der Waals surface area contributed by atoms with E-state index in [9.17, 15) is 14.4 Å². The molecule has 0 spiro atoms. The molecule has 0 aromatic heterocycles. The summed E-state index contributed by atoms with van der Waals surface area (Å²) in [6, 6.07) is 0. The van der Waals surface area contributed by atoms with Crippen LogP contribution in [0, 0.1) is 0 Å². The maximum absolute atomic E-state index is 10.9. The van der Waals surface area contributed by atoms with Gasteiger partial charge in [0.15, 0.2) is 0 Å². The predicted octanol–water partition coefficient (Wildman–Crippen LogP) is 5.09. The summed E-state index contributed by atoms with van der Waals surface area (Å²) >= 11 is 0. The molecule has 31 heavy (non-hydrogen) atoms. The third-order valence-electron chi connectivity index (χ3n) is 5.86. The van der Waals surface area contributed by atoms with Crippen LogP contribution >= 0.6 is 0 Å². The maximum Gasteiger partial charge on any atom is 0.303 e. The van der Waals surface area contributed by atoms with Crippen LogP contribution < -0.4 is 0 Å². The largest absolute Gasteiger partial charge is 0.481 e. The molecule has 0 radical (unpaired) electrons. The van der Waals surface area contributed by atoms with Crippen molar-refractivity contribution in [3.63, 3.8) is 0 Å². The Morgan fingerprint density at radius 2 is 0.871 bits per heavy atom. The minimum Gasteiger partial charge on any atom is -0.481 e. The fourth-order valence-corrected chi connectivity index (χ4v) is 4.11. The van der Waals surface area contributed by atoms with Gasteiger partial charge in [-0.1, -0.05) is 18.9 Å². The van der Waals surface area contributed by atoms with E-state index in [1.807, 2.05) is 6.08 Å². The summed E-state index contributed by atoms with van der Waals surface area (Å²) in [7, 11) is 0. The highest BCUT2D eigenvalue weighted by atomic mass is 16.4. The van der Waals surface area contributed by atoms with Crippen LogP contribution in [0.3, 0.4) is 0 Å². The second-order valence-electron chi connectivity index (χ2n) is 8.63. The number of allylic oxidation sites excluding steroid dienone is 1. The van der Waals surface area contributed by atoms with Gasteiger partial charge >= 0.3 is 17.9 Å². The van der Waals surface area contributed by atoms with Gasteiger partial charge in [0.25, 0.3) is 0 Å². The van der Waals surface area contributed by atoms with Gasteiger partial charge in [0.2, 0.25) is 0 Å². The van der Waals surface area contributed by atoms with Gasteiger partial charge in [0.05, 0.1) is 26.2 Å². The van der Waals surface area contributed by atoms with Crippen molar-refractivity contribution in [2.75, 3.05) is 26.2 Å². The molecule has 0 aliphatic carbocycles. The van der Waals surface area contributed by atoms with Crippen LogP contribution in [0.5, 0.6) is 0 Å². The van der Waals surface area contributed by atoms with Crippen LogP contribution in [-0.4, -0.2) is 63.9 Å². The molecule has 0 saturated carbocycles. The van der Waals surface area contributed by atoms with Gasteiger partial charge < -0.3 is 19.8 Å². The van der Waals surface area contributed by atoms with Crippen LogP contribution in [0.4, 0.5) is 0 Å². The number of aliphatic carboxylic acids is 3. The molecule has 0 aromatic carbocycles. The Kier molecular flexibility index (Phi) is 17.7. The number of unbranched alkanes of at least 4 members (excludes halogenated alkanes) is 8. The van der Waals surface area contributed by atoms with Gasteiger partial charge in [0, 0.05) is 19.3 Å². The first-order valence-corrected chi connectivity index (χ1v) is 11.9. The van der Waals surface area contributed by atoms with Gasteiger partial charge in [0.1, 0.15) is 0 Å². The summed E-state index contributed by atoms with van der Waals surface area (Å²) in [6.07, 6.45) is 13.7. The highest BCUT2D eigenvalue weighted by Crippen LogP contribution is 2.19. The zero-order chi connectivity index (χ0) is 23.4. The van der Waals surface area contributed by atoms with Crippen LogP contribution in [0.15, 0.2) is 12.7 Å². The molecule has 0 amide bonds. The van der Waals surface area contributed by atoms with E-state index in [1.165, 1.54) is 19.3 Å². The Labute approximate surface area is 187 Å². The molecule has 0 aromatic rings. The summed E-state index contributed by atoms with van der Waals surface area (Å²) in [5, 5.41) is 26.8. The zero-order valence-electron chi connectivity index (χ0n) is 19.2. The van der Waals surface area contributed by atoms with Crippen LogP contribution in [0.2, 0.25) is 0 Å². The van der Waals surface area contributed by atoms with E-state index in [0.717, 1.165) is 69.2 Å². The summed E-state index contributed by atoms with van der Waals surface area (Å²) in [4.78, 5) is 32.6. The smallest absolute Gasteiger partial charge is 0.303 e. The molecular weight excluding hydrogens is 398 g/mol. The van der Waals surface area contributed by atoms with Crippen molar-refractivity contribution < 1.29 is 34.2 Å². The van der Waals surface area contributed by atoms with E-state index in [4.69, 9.17) is 15.3 Å². The van der Waals surface area contributed by atoms with Crippen LogP contribution in [0.25, 0.3) is 0 Å². The molecule has 0 unspecified atom stereocenters. The van der Waals surface area contributed by atoms with Crippen LogP contribution in [-0.2, 0) is 14.4 Å². The highest BCUT2D eigenvalue weighted by molar-refractivity contribution is 5.67. The molecule has 7 heteroatoms. The molecule has 180 valence electrons. The maximum atomic E-state index is 10.9. The average molecular weight is 443 g/mol. The van der Waals surface area contributed by atoms with Crippen molar-refractivity contribution >= 4 is 17.9 Å². The summed E-state index contributed by atoms with van der Waals surface area (Å²) in [6.45, 7) is 7.38. The van der Waals surface area contributed by atoms with E-state index >= 15 is 0 Å². The number of carbonyl (C=O) groups is 3. The summed E-state index contributed by atoms with van der Waals surface area (Å²) in [5.41, 5.74) is 0. The number of carboxylic acid groups (broad SMARTS) is 3. The van der Waals surface area contributed by atoms with Gasteiger partial charge in [-0.25, -0.2) is 0 Å². The first-order valence-electron chi connectivity index (χ1n) is 11.9. The lowest BCUT2D eigenvalue weighted by molar-refractivity contribution is -0.929. The second kappa shape index (κ2) is 18.8. The molecule has 0 rings (SSSR count). The highest BCUT2D eigenvalue weighted by Gasteiger charge is 2.26. The van der Waals surface area contributed by atoms with E-state index in [-0.39, 0.29) is 19.3 Å². The van der Waals surface area contributed by atoms with Crippen molar-refractivity contribution in [1.82, 2.24) is 0 Å². The second-order valence-corrected chi connectivity index (χ2v) is 8.63. The number of carboxylic acids is 3. The topological polar surface area (TPSA) is 112 Å². The number of hydrogen-bond donors (Lipinski definition) is 3. The third kappa shape index (κ3) is 18.6. The third-order valence-corrected chi connectivity index (χ3v) is 5.86. The van der Waals surface area contributed by atoms with Crippen LogP contribution in [0.1, 0.15) is 96.3 Å². The Balaban J connectivity index is 4.86. The SMILES string of the molecule is C=CCCCCCCC[N+](CCCCC(=O)O)(CCCCC(=O)O)CCCCC(=O)O. The van der Waals surface area contributed by atoms with E-state index in [0.29, 0.717) is 19.3 Å². The van der Waals surface area contributed by atoms with Crippen molar-refractivity contribution in [1.29, 1.82) is 0 Å². The number of quaternary nitrogens is 1. The number of hydrogen-bond acceptors (Lipinski definition) is 3. The number of nitrogens with zero attached hydrogens (tertiary/aromatic N) is 1. The van der Waals surface area contributed by atoms with E-state index in [1.54, 1.807) is 0 Å². The van der Waals surface area contributed by atoms with Crippen molar-refractivity contribution in [2.45, 2.75) is 96.3 Å². The molecule has 0 saturated heterocycles. The average Bonchev–Trinajstić information content (AvgIpc) is 2.70. The lowest BCUT2D eigenvalue weighted by atomic mass is 10.1. The minimum absolute atomic E-state index is 0.168. The van der Waals surface area contributed by atoms with Gasteiger partial charge in [-0.2, -0.15) is 0 Å². The first kappa shape index (κ1) is 29.1. The lowest BCUT2D eigenvalue weighted by Crippen LogP contribution is -2.51. The van der Waals surface area contributed by atoms with E-state index < -0.39 is 17.9 Å². The number of rotatable bonds is 23. The van der Waals surface area contributed by atoms with Gasteiger partial charge in [-0.3, -0.25) is 14.4 Å². The Hall–Kier alpha value is -1.89. The molecular formula is C24H44NO6+. The molecule has 0 bridgehead atoms. The molecule has 0 heterocycles. The van der Waals surface area contributed by atoms with Crippen molar-refractivity contribution in [3.05, 3.63) is 12.7 Å². The van der Waals surface area contributed by atoms with Gasteiger partial charge in [-0.05, 0) is 64.2 Å². The molecule has 0 aliphatic rings. The molecule has 7 nitrogen and oxygen atoms in total. The Morgan fingerprint density at radius 3 is 1.23 bits per heavy atom. The molecule has 0 fully saturated rings. The predicted molar refractivity (Wildman–Crippen MR) is 122 cm³/mol. The zero-order valence-corrected chi connectivity index (χ0v) is 19.2. The fraction of sp³-hybridized carbons (Fsp3) is 0.792. The summed E-state index contributed by atoms with van der Waals surface area (Å²) < 4.78 is 0.853. The first-order chi connectivity index (χ1) is 14.8. The standard InChI is InChI=1S/C24H43NO6/c1-2-3-4-5-6-7-11-18-25(19-12-8-15-22(26)27,20-13-9-16-23(28)29)21-14-10-17-24(30)31/h2H,1,3-21H2,(H2-,26,27,28,29,30,31)/p+1. The molecule has 3 N–H and O–H groups in total. The van der Waals surface area contributed by atoms with Crippen molar-refractivity contribution in [2.24, 2.45) is 0 Å². The Bertz CT molecular complexity index is 465. The quantitative estimate of drug-likeness (QED) is 0.115.